The highest BCUT2D eigenvalue weighted by molar-refractivity contribution is 6.30. The van der Waals surface area contributed by atoms with Crippen LogP contribution in [0.25, 0.3) is 0 Å². The van der Waals surface area contributed by atoms with Gasteiger partial charge in [0.25, 0.3) is 5.91 Å². The number of carbonyl (C=O) groups excluding carboxylic acids is 2. The summed E-state index contributed by atoms with van der Waals surface area (Å²) < 4.78 is 15.4. The number of likely N-dealkylation sites (tertiary alicyclic amines) is 1. The summed E-state index contributed by atoms with van der Waals surface area (Å²) in [7, 11) is 0. The fraction of sp³-hybridized carbons (Fsp3) is 0.409. The van der Waals surface area contributed by atoms with Gasteiger partial charge in [-0.05, 0) is 37.0 Å². The molecule has 5 rings (SSSR count). The molecule has 3 heterocycles. The number of benzene rings is 1. The molecule has 0 radical (unpaired) electrons. The number of nitrogens with one attached hydrogen (secondary N) is 1. The highest BCUT2D eigenvalue weighted by atomic mass is 35.5. The van der Waals surface area contributed by atoms with Gasteiger partial charge in [-0.1, -0.05) is 35.3 Å². The molecular weight excluding hydrogens is 474 g/mol. The van der Waals surface area contributed by atoms with E-state index in [1.807, 2.05) is 0 Å². The van der Waals surface area contributed by atoms with Crippen LogP contribution in [0.2, 0.25) is 10.2 Å². The number of anilines is 1. The molecule has 4 atom stereocenters. The van der Waals surface area contributed by atoms with Gasteiger partial charge in [-0.3, -0.25) is 19.8 Å². The van der Waals surface area contributed by atoms with Crippen molar-refractivity contribution in [1.29, 1.82) is 0 Å². The number of pyridine rings is 1. The molecule has 1 aliphatic carbocycles. The molecule has 1 aromatic heterocycles. The van der Waals surface area contributed by atoms with Crippen LogP contribution in [0.15, 0.2) is 30.3 Å². The van der Waals surface area contributed by atoms with Crippen molar-refractivity contribution in [3.05, 3.63) is 67.6 Å². The molecule has 0 bridgehead atoms. The van der Waals surface area contributed by atoms with Crippen LogP contribution in [0.4, 0.5) is 10.2 Å². The molecule has 1 spiro atoms. The van der Waals surface area contributed by atoms with Crippen LogP contribution in [0.3, 0.4) is 0 Å². The summed E-state index contributed by atoms with van der Waals surface area (Å²) in [6.07, 6.45) is 2.25. The van der Waals surface area contributed by atoms with Gasteiger partial charge < -0.3 is 10.1 Å². The first-order valence-electron chi connectivity index (χ1n) is 10.6. The topological polar surface area (TPSA) is 105 Å². The lowest BCUT2D eigenvalue weighted by Crippen LogP contribution is -2.52. The molecule has 2 aliphatic heterocycles. The Kier molecular flexibility index (Phi) is 5.38. The van der Waals surface area contributed by atoms with E-state index in [0.717, 1.165) is 12.8 Å². The average molecular weight is 493 g/mol. The number of amides is 1. The number of nitrogens with zero attached hydrogens (tertiary/aromatic N) is 3. The molecule has 1 aromatic carbocycles. The van der Waals surface area contributed by atoms with Crippen molar-refractivity contribution in [3.63, 3.8) is 0 Å². The first-order valence-corrected chi connectivity index (χ1v) is 11.3. The largest absolute Gasteiger partial charge is 0.308 e. The van der Waals surface area contributed by atoms with Crippen LogP contribution >= 0.6 is 23.2 Å². The summed E-state index contributed by atoms with van der Waals surface area (Å²) in [5, 5.41) is 15.1. The quantitative estimate of drug-likeness (QED) is 0.284. The van der Waals surface area contributed by atoms with Gasteiger partial charge in [0.1, 0.15) is 28.6 Å². The molecule has 172 valence electrons. The summed E-state index contributed by atoms with van der Waals surface area (Å²) in [6.45, 7) is 0.358. The Hall–Kier alpha value is -2.62. The van der Waals surface area contributed by atoms with Gasteiger partial charge in [-0.25, -0.2) is 9.37 Å². The van der Waals surface area contributed by atoms with E-state index in [4.69, 9.17) is 23.2 Å². The molecule has 0 unspecified atom stereocenters. The number of carbonyl (C=O) groups is 2. The highest BCUT2D eigenvalue weighted by Gasteiger charge is 2.71. The van der Waals surface area contributed by atoms with E-state index in [2.05, 4.69) is 10.3 Å². The Morgan fingerprint density at radius 1 is 1.30 bits per heavy atom. The number of rotatable bonds is 6. The van der Waals surface area contributed by atoms with E-state index in [1.165, 1.54) is 24.3 Å². The van der Waals surface area contributed by atoms with E-state index in [0.29, 0.717) is 18.4 Å². The SMILES string of the molecule is O=CC[C@H]1[C@@H]([N+](=O)[O-])[C@H](c2cccc(Cl)c2F)[C@]2(C(=O)Nc3nc(Cl)ccc32)N1CC1CC1. The average Bonchev–Trinajstić information content (AvgIpc) is 3.48. The van der Waals surface area contributed by atoms with Crippen molar-refractivity contribution in [2.45, 2.75) is 42.8 Å². The van der Waals surface area contributed by atoms with Gasteiger partial charge in [-0.2, -0.15) is 0 Å². The van der Waals surface area contributed by atoms with Crippen molar-refractivity contribution >= 4 is 41.2 Å². The standard InChI is InChI=1S/C22H19Cl2FN4O4/c23-14-3-1-2-12(18(14)25)17-19(29(32)33)15(8-9-30)28(10-11-4-5-11)22(17)13-6-7-16(24)26-20(13)27-21(22)31/h1-3,6-7,9,11,15,17,19H,4-5,8,10H2,(H,26,27,31)/t15-,17-,19+,22+/m0/s1. The predicted octanol–water partition coefficient (Wildman–Crippen LogP) is 3.79. The second-order valence-corrected chi connectivity index (χ2v) is 9.51. The maximum Gasteiger partial charge on any atom is 0.251 e. The minimum absolute atomic E-state index is 0.0451. The molecule has 1 saturated heterocycles. The number of halogens is 3. The van der Waals surface area contributed by atoms with E-state index in [9.17, 15) is 19.7 Å². The molecule has 33 heavy (non-hydrogen) atoms. The minimum atomic E-state index is -1.65. The zero-order valence-corrected chi connectivity index (χ0v) is 18.7. The van der Waals surface area contributed by atoms with Gasteiger partial charge in [0.15, 0.2) is 0 Å². The van der Waals surface area contributed by atoms with E-state index >= 15 is 4.39 Å². The number of fused-ring (bicyclic) bond motifs is 2. The lowest BCUT2D eigenvalue weighted by Gasteiger charge is -2.38. The van der Waals surface area contributed by atoms with Crippen LogP contribution < -0.4 is 5.32 Å². The highest BCUT2D eigenvalue weighted by Crippen LogP contribution is 2.59. The predicted molar refractivity (Wildman–Crippen MR) is 118 cm³/mol. The second-order valence-electron chi connectivity index (χ2n) is 8.71. The Balaban J connectivity index is 1.84. The van der Waals surface area contributed by atoms with Gasteiger partial charge in [0.2, 0.25) is 6.04 Å². The van der Waals surface area contributed by atoms with Crippen molar-refractivity contribution in [2.24, 2.45) is 5.92 Å². The monoisotopic (exact) mass is 492 g/mol. The van der Waals surface area contributed by atoms with Crippen molar-refractivity contribution < 1.29 is 18.9 Å². The van der Waals surface area contributed by atoms with Gasteiger partial charge in [0.05, 0.1) is 17.0 Å². The number of aldehydes is 1. The van der Waals surface area contributed by atoms with Crippen LogP contribution in [0.5, 0.6) is 0 Å². The zero-order valence-electron chi connectivity index (χ0n) is 17.2. The first kappa shape index (κ1) is 22.2. The molecular formula is C22H19Cl2FN4O4. The van der Waals surface area contributed by atoms with Gasteiger partial charge in [0, 0.05) is 29.0 Å². The minimum Gasteiger partial charge on any atom is -0.308 e. The summed E-state index contributed by atoms with van der Waals surface area (Å²) >= 11 is 12.1. The lowest BCUT2D eigenvalue weighted by molar-refractivity contribution is -0.528. The number of hydrogen-bond donors (Lipinski definition) is 1. The maximum atomic E-state index is 15.4. The Bertz CT molecular complexity index is 1180. The normalized spacial score (nSPS) is 28.7. The summed E-state index contributed by atoms with van der Waals surface area (Å²) in [6, 6.07) is 4.99. The smallest absolute Gasteiger partial charge is 0.251 e. The van der Waals surface area contributed by atoms with E-state index in [-0.39, 0.29) is 33.9 Å². The van der Waals surface area contributed by atoms with Crippen molar-refractivity contribution in [3.8, 4) is 0 Å². The van der Waals surface area contributed by atoms with Crippen LogP contribution in [-0.4, -0.2) is 45.6 Å². The lowest BCUT2D eigenvalue weighted by atomic mass is 9.74. The Morgan fingerprint density at radius 2 is 2.06 bits per heavy atom. The van der Waals surface area contributed by atoms with Crippen LogP contribution in [-0.2, 0) is 15.1 Å². The summed E-state index contributed by atoms with van der Waals surface area (Å²) in [5.41, 5.74) is -1.31. The zero-order chi connectivity index (χ0) is 23.5. The molecule has 2 fully saturated rings. The number of hydrogen-bond acceptors (Lipinski definition) is 6. The molecule has 1 amide bonds. The summed E-state index contributed by atoms with van der Waals surface area (Å²) in [4.78, 5) is 43.3. The molecule has 1 saturated carbocycles. The van der Waals surface area contributed by atoms with Crippen molar-refractivity contribution in [2.75, 3.05) is 11.9 Å². The molecule has 2 aromatic rings. The maximum absolute atomic E-state index is 15.4. The molecule has 3 aliphatic rings. The third-order valence-electron chi connectivity index (χ3n) is 6.94. The van der Waals surface area contributed by atoms with Crippen molar-refractivity contribution in [1.82, 2.24) is 9.88 Å². The number of aromatic nitrogens is 1. The molecule has 8 nitrogen and oxygen atoms in total. The van der Waals surface area contributed by atoms with Gasteiger partial charge >= 0.3 is 0 Å². The molecule has 1 N–H and O–H groups in total. The fourth-order valence-electron chi connectivity index (χ4n) is 5.51. The number of nitro groups is 1. The second kappa shape index (κ2) is 8.00. The third-order valence-corrected chi connectivity index (χ3v) is 7.44. The first-order chi connectivity index (χ1) is 15.8. The van der Waals surface area contributed by atoms with E-state index < -0.39 is 40.2 Å². The summed E-state index contributed by atoms with van der Waals surface area (Å²) in [5.74, 6) is -2.23. The van der Waals surface area contributed by atoms with Crippen LogP contribution in [0, 0.1) is 21.8 Å². The Morgan fingerprint density at radius 3 is 2.73 bits per heavy atom. The van der Waals surface area contributed by atoms with E-state index in [1.54, 1.807) is 11.0 Å². The van der Waals surface area contributed by atoms with Gasteiger partial charge in [-0.15, -0.1) is 0 Å². The third kappa shape index (κ3) is 3.25. The molecule has 11 heteroatoms. The Labute approximate surface area is 198 Å². The van der Waals surface area contributed by atoms with Crippen LogP contribution in [0.1, 0.15) is 36.3 Å². The fourth-order valence-corrected chi connectivity index (χ4v) is 5.84.